The van der Waals surface area contributed by atoms with Crippen molar-refractivity contribution in [1.29, 1.82) is 0 Å². The van der Waals surface area contributed by atoms with Gasteiger partial charge in [0.15, 0.2) is 5.82 Å². The van der Waals surface area contributed by atoms with Crippen LogP contribution in [0.1, 0.15) is 28.1 Å². The number of aromatic amines is 1. The Balaban J connectivity index is 1.29. The molecule has 0 amide bonds. The van der Waals surface area contributed by atoms with Crippen LogP contribution in [0.25, 0.3) is 26.8 Å². The van der Waals surface area contributed by atoms with E-state index in [2.05, 4.69) is 32.6 Å². The normalized spacial score (nSPS) is 11.3. The van der Waals surface area contributed by atoms with E-state index in [0.717, 1.165) is 60.5 Å². The van der Waals surface area contributed by atoms with Crippen LogP contribution in [0.5, 0.6) is 11.5 Å². The Kier molecular flexibility index (Phi) is 7.69. The number of thiazole rings is 1. The van der Waals surface area contributed by atoms with Gasteiger partial charge in [0.25, 0.3) is 0 Å². The molecule has 0 fully saturated rings. The van der Waals surface area contributed by atoms with Gasteiger partial charge in [-0.05, 0) is 48.4 Å². The van der Waals surface area contributed by atoms with Crippen LogP contribution in [0.4, 0.5) is 0 Å². The van der Waals surface area contributed by atoms with Gasteiger partial charge in [-0.1, -0.05) is 29.8 Å². The molecule has 0 aliphatic heterocycles. The smallest absolute Gasteiger partial charge is 0.173 e. The molecule has 6 aromatic rings. The zero-order chi connectivity index (χ0) is 28.3. The number of ether oxygens (including phenoxy) is 2. The molecule has 41 heavy (non-hydrogen) atoms. The fraction of sp³-hybridized carbons (Fsp3) is 0.200. The molecule has 2 N–H and O–H groups in total. The van der Waals surface area contributed by atoms with Crippen molar-refractivity contribution in [2.24, 2.45) is 0 Å². The van der Waals surface area contributed by atoms with Crippen LogP contribution in [0, 0.1) is 6.92 Å². The summed E-state index contributed by atoms with van der Waals surface area (Å²) >= 11 is 7.70. The molecule has 2 aromatic carbocycles. The molecule has 0 unspecified atom stereocenters. The van der Waals surface area contributed by atoms with Gasteiger partial charge in [0.05, 0.1) is 41.6 Å². The van der Waals surface area contributed by atoms with Crippen LogP contribution < -0.4 is 14.8 Å². The lowest BCUT2D eigenvalue weighted by molar-refractivity contribution is 0.390. The minimum atomic E-state index is 0.645. The summed E-state index contributed by atoms with van der Waals surface area (Å²) in [4.78, 5) is 9.20. The summed E-state index contributed by atoms with van der Waals surface area (Å²) in [6.45, 7) is 3.35. The first-order valence-corrected chi connectivity index (χ1v) is 14.2. The van der Waals surface area contributed by atoms with Crippen molar-refractivity contribution < 1.29 is 9.47 Å². The number of methoxy groups -OCH3 is 2. The van der Waals surface area contributed by atoms with Crippen LogP contribution in [0.3, 0.4) is 0 Å². The van der Waals surface area contributed by atoms with E-state index in [0.29, 0.717) is 30.4 Å². The standard InChI is InChI=1S/C30H28ClN7O2S/c1-18-27(30-35-24(12-19-4-7-22(31)8-5-19)28(41-30)29-33-17-34-36-29)25-13-20(10-11-38(25)37-18)15-32-16-21-6-9-23(39-2)14-26(21)40-3/h4-11,13-14,17,32H,12,15-16H2,1-3H3,(H,33,34,36). The Morgan fingerprint density at radius 3 is 2.61 bits per heavy atom. The maximum Gasteiger partial charge on any atom is 0.173 e. The summed E-state index contributed by atoms with van der Waals surface area (Å²) in [5, 5.41) is 18.2. The van der Waals surface area contributed by atoms with E-state index in [1.807, 2.05) is 60.1 Å². The van der Waals surface area contributed by atoms with Gasteiger partial charge in [-0.15, -0.1) is 21.5 Å². The molecule has 9 nitrogen and oxygen atoms in total. The maximum absolute atomic E-state index is 6.11. The average Bonchev–Trinajstić information content (AvgIpc) is 3.73. The number of benzene rings is 2. The average molecular weight is 586 g/mol. The van der Waals surface area contributed by atoms with Gasteiger partial charge in [-0.2, -0.15) is 5.10 Å². The van der Waals surface area contributed by atoms with Crippen molar-refractivity contribution >= 4 is 28.5 Å². The zero-order valence-electron chi connectivity index (χ0n) is 22.8. The third-order valence-corrected chi connectivity index (χ3v) is 8.21. The van der Waals surface area contributed by atoms with Crippen molar-refractivity contribution in [2.45, 2.75) is 26.4 Å². The zero-order valence-corrected chi connectivity index (χ0v) is 24.4. The lowest BCUT2D eigenvalue weighted by atomic mass is 10.1. The first kappa shape index (κ1) is 26.9. The van der Waals surface area contributed by atoms with Gasteiger partial charge in [0, 0.05) is 42.4 Å². The maximum atomic E-state index is 6.11. The van der Waals surface area contributed by atoms with Crippen molar-refractivity contribution in [3.05, 3.63) is 100 Å². The fourth-order valence-electron chi connectivity index (χ4n) is 4.80. The summed E-state index contributed by atoms with van der Waals surface area (Å²) in [6.07, 6.45) is 4.23. The molecule has 4 aromatic heterocycles. The largest absolute Gasteiger partial charge is 0.497 e. The Morgan fingerprint density at radius 1 is 1.00 bits per heavy atom. The molecule has 208 valence electrons. The second-order valence-corrected chi connectivity index (χ2v) is 11.0. The first-order valence-electron chi connectivity index (χ1n) is 13.0. The topological polar surface area (TPSA) is 102 Å². The minimum absolute atomic E-state index is 0.645. The summed E-state index contributed by atoms with van der Waals surface area (Å²) < 4.78 is 12.8. The number of aryl methyl sites for hydroxylation is 1. The number of halogens is 1. The number of hydrogen-bond donors (Lipinski definition) is 2. The third-order valence-electron chi connectivity index (χ3n) is 6.84. The number of hydrogen-bond acceptors (Lipinski definition) is 8. The van der Waals surface area contributed by atoms with Gasteiger partial charge in [0.2, 0.25) is 0 Å². The number of aromatic nitrogens is 6. The van der Waals surface area contributed by atoms with E-state index in [1.54, 1.807) is 31.9 Å². The second-order valence-electron chi connectivity index (χ2n) is 9.54. The number of H-pyrrole nitrogens is 1. The lowest BCUT2D eigenvalue weighted by Gasteiger charge is -2.11. The van der Waals surface area contributed by atoms with Crippen molar-refractivity contribution in [2.75, 3.05) is 14.2 Å². The van der Waals surface area contributed by atoms with Crippen molar-refractivity contribution in [3.8, 4) is 32.8 Å². The van der Waals surface area contributed by atoms with E-state index in [-0.39, 0.29) is 0 Å². The summed E-state index contributed by atoms with van der Waals surface area (Å²) in [6, 6.07) is 17.9. The molecule has 0 radical (unpaired) electrons. The number of rotatable bonds is 10. The summed E-state index contributed by atoms with van der Waals surface area (Å²) in [5.41, 5.74) is 7.16. The van der Waals surface area contributed by atoms with E-state index in [4.69, 9.17) is 31.2 Å². The molecule has 0 bridgehead atoms. The molecule has 11 heteroatoms. The predicted molar refractivity (Wildman–Crippen MR) is 161 cm³/mol. The Hall–Kier alpha value is -4.25. The monoisotopic (exact) mass is 585 g/mol. The molecule has 0 atom stereocenters. The molecule has 0 saturated carbocycles. The molecule has 0 saturated heterocycles. The minimum Gasteiger partial charge on any atom is -0.497 e. The van der Waals surface area contributed by atoms with E-state index >= 15 is 0 Å². The van der Waals surface area contributed by atoms with Gasteiger partial charge in [-0.25, -0.2) is 9.50 Å². The Morgan fingerprint density at radius 2 is 1.85 bits per heavy atom. The van der Waals surface area contributed by atoms with E-state index in [9.17, 15) is 0 Å². The van der Waals surface area contributed by atoms with Gasteiger partial charge in [0.1, 0.15) is 22.8 Å². The molecule has 0 spiro atoms. The molecule has 6 rings (SSSR count). The Bertz CT molecular complexity index is 1800. The van der Waals surface area contributed by atoms with Crippen molar-refractivity contribution in [3.63, 3.8) is 0 Å². The third kappa shape index (κ3) is 5.67. The molecule has 4 heterocycles. The van der Waals surface area contributed by atoms with Crippen LogP contribution in [-0.2, 0) is 19.5 Å². The highest BCUT2D eigenvalue weighted by molar-refractivity contribution is 7.18. The quantitative estimate of drug-likeness (QED) is 0.200. The number of pyridine rings is 1. The number of nitrogens with zero attached hydrogens (tertiary/aromatic N) is 5. The van der Waals surface area contributed by atoms with E-state index < -0.39 is 0 Å². The molecule has 0 aliphatic rings. The van der Waals surface area contributed by atoms with Gasteiger partial charge >= 0.3 is 0 Å². The van der Waals surface area contributed by atoms with Crippen LogP contribution in [0.15, 0.2) is 67.1 Å². The van der Waals surface area contributed by atoms with E-state index in [1.165, 1.54) is 0 Å². The van der Waals surface area contributed by atoms with Crippen LogP contribution >= 0.6 is 22.9 Å². The van der Waals surface area contributed by atoms with Gasteiger partial charge in [-0.3, -0.25) is 0 Å². The lowest BCUT2D eigenvalue weighted by Crippen LogP contribution is -2.13. The van der Waals surface area contributed by atoms with Crippen LogP contribution in [0.2, 0.25) is 5.02 Å². The number of fused-ring (bicyclic) bond motifs is 1. The summed E-state index contributed by atoms with van der Waals surface area (Å²) in [5.74, 6) is 2.26. The SMILES string of the molecule is COc1ccc(CNCc2ccn3nc(C)c(-c4nc(Cc5ccc(Cl)cc5)c(-c5nnc[nH]5)s4)c3c2)c(OC)c1. The van der Waals surface area contributed by atoms with Crippen LogP contribution in [-0.4, -0.2) is 44.0 Å². The van der Waals surface area contributed by atoms with Gasteiger partial charge < -0.3 is 19.8 Å². The van der Waals surface area contributed by atoms with Crippen molar-refractivity contribution in [1.82, 2.24) is 35.1 Å². The first-order chi connectivity index (χ1) is 20.0. The molecular weight excluding hydrogens is 558 g/mol. The fourth-order valence-corrected chi connectivity index (χ4v) is 6.06. The molecule has 0 aliphatic carbocycles. The number of nitrogens with one attached hydrogen (secondary N) is 2. The summed E-state index contributed by atoms with van der Waals surface area (Å²) in [7, 11) is 3.32. The highest BCUT2D eigenvalue weighted by Crippen LogP contribution is 2.38. The second kappa shape index (κ2) is 11.7. The predicted octanol–water partition coefficient (Wildman–Crippen LogP) is 6.10. The highest BCUT2D eigenvalue weighted by atomic mass is 35.5. The molecular formula is C30H28ClN7O2S. The Labute approximate surface area is 246 Å². The highest BCUT2D eigenvalue weighted by Gasteiger charge is 2.21.